The molecule has 0 spiro atoms. The summed E-state index contributed by atoms with van der Waals surface area (Å²) in [5.74, 6) is 0. The lowest BCUT2D eigenvalue weighted by atomic mass is 9.76. The van der Waals surface area contributed by atoms with Crippen LogP contribution in [0.5, 0.6) is 0 Å². The summed E-state index contributed by atoms with van der Waals surface area (Å²) in [4.78, 5) is 0. The van der Waals surface area contributed by atoms with Gasteiger partial charge in [0.25, 0.3) is 0 Å². The summed E-state index contributed by atoms with van der Waals surface area (Å²) in [6.45, 7) is 11.1. The van der Waals surface area contributed by atoms with Crippen LogP contribution in [0.4, 0.5) is 0 Å². The van der Waals surface area contributed by atoms with Gasteiger partial charge in [0.15, 0.2) is 0 Å². The Morgan fingerprint density at radius 3 is 1.80 bits per heavy atom. The minimum atomic E-state index is 0.0619. The van der Waals surface area contributed by atoms with Crippen molar-refractivity contribution < 1.29 is 4.74 Å². The van der Waals surface area contributed by atoms with Crippen molar-refractivity contribution in [1.29, 1.82) is 0 Å². The molecule has 0 bridgehead atoms. The molecule has 0 amide bonds. The van der Waals surface area contributed by atoms with Crippen molar-refractivity contribution in [3.05, 3.63) is 0 Å². The first-order valence-corrected chi connectivity index (χ1v) is 4.03. The quantitative estimate of drug-likeness (QED) is 0.505. The lowest BCUT2D eigenvalue weighted by molar-refractivity contribution is -0.0456. The van der Waals surface area contributed by atoms with Gasteiger partial charge < -0.3 is 4.74 Å². The van der Waals surface area contributed by atoms with Crippen molar-refractivity contribution in [3.8, 4) is 0 Å². The van der Waals surface area contributed by atoms with Crippen molar-refractivity contribution >= 4 is 0 Å². The van der Waals surface area contributed by atoms with Crippen LogP contribution in [0.15, 0.2) is 0 Å². The third-order valence-corrected chi connectivity index (χ3v) is 2.92. The molecule has 1 saturated heterocycles. The molecule has 1 heterocycles. The van der Waals surface area contributed by atoms with Gasteiger partial charge in [-0.15, -0.1) is 0 Å². The minimum Gasteiger partial charge on any atom is -0.372 e. The maximum absolute atomic E-state index is 5.76. The molecular weight excluding hydrogens is 124 g/mol. The molecule has 60 valence electrons. The lowest BCUT2D eigenvalue weighted by Crippen LogP contribution is -2.34. The van der Waals surface area contributed by atoms with Crippen LogP contribution in [0.3, 0.4) is 0 Å². The molecule has 0 aromatic rings. The van der Waals surface area contributed by atoms with E-state index in [2.05, 4.69) is 34.6 Å². The van der Waals surface area contributed by atoms with Gasteiger partial charge in [0.05, 0.1) is 11.7 Å². The molecule has 0 radical (unpaired) electrons. The predicted molar refractivity (Wildman–Crippen MR) is 43.0 cm³/mol. The highest BCUT2D eigenvalue weighted by atomic mass is 16.5. The Kier molecular flexibility index (Phi) is 1.59. The standard InChI is InChI=1S/C9H18O/c1-7-6-8(2,3)9(4,5)10-7/h7H,6H2,1-5H3. The van der Waals surface area contributed by atoms with E-state index in [4.69, 9.17) is 4.74 Å². The highest BCUT2D eigenvalue weighted by Crippen LogP contribution is 2.45. The van der Waals surface area contributed by atoms with E-state index in [9.17, 15) is 0 Å². The van der Waals surface area contributed by atoms with Gasteiger partial charge >= 0.3 is 0 Å². The number of ether oxygens (including phenoxy) is 1. The third-order valence-electron chi connectivity index (χ3n) is 2.92. The fourth-order valence-corrected chi connectivity index (χ4v) is 1.67. The largest absolute Gasteiger partial charge is 0.372 e. The third kappa shape index (κ3) is 1.07. The van der Waals surface area contributed by atoms with Crippen LogP contribution < -0.4 is 0 Å². The second-order valence-corrected chi connectivity index (χ2v) is 4.53. The summed E-state index contributed by atoms with van der Waals surface area (Å²) in [6.07, 6.45) is 1.62. The molecule has 1 fully saturated rings. The Morgan fingerprint density at radius 2 is 1.70 bits per heavy atom. The number of rotatable bonds is 0. The zero-order valence-corrected chi connectivity index (χ0v) is 7.69. The molecule has 1 heteroatoms. The zero-order chi connectivity index (χ0) is 7.99. The van der Waals surface area contributed by atoms with Crippen molar-refractivity contribution in [2.45, 2.75) is 52.7 Å². The topological polar surface area (TPSA) is 9.23 Å². The van der Waals surface area contributed by atoms with E-state index in [0.717, 1.165) is 0 Å². The molecule has 1 nitrogen and oxygen atoms in total. The van der Waals surface area contributed by atoms with Gasteiger partial charge in [0, 0.05) is 0 Å². The van der Waals surface area contributed by atoms with Gasteiger partial charge in [-0.05, 0) is 32.6 Å². The van der Waals surface area contributed by atoms with Crippen LogP contribution in [0, 0.1) is 5.41 Å². The maximum Gasteiger partial charge on any atom is 0.0681 e. The molecule has 0 N–H and O–H groups in total. The average Bonchev–Trinajstić information content (AvgIpc) is 1.73. The Bertz CT molecular complexity index is 120. The SMILES string of the molecule is CC1CC(C)(C)C(C)(C)O1. The summed E-state index contributed by atoms with van der Waals surface area (Å²) in [5.41, 5.74) is 0.402. The molecule has 1 aliphatic heterocycles. The molecule has 1 atom stereocenters. The monoisotopic (exact) mass is 142 g/mol. The molecule has 0 aromatic carbocycles. The van der Waals surface area contributed by atoms with Crippen molar-refractivity contribution in [3.63, 3.8) is 0 Å². The Hall–Kier alpha value is -0.0400. The van der Waals surface area contributed by atoms with Crippen molar-refractivity contribution in [1.82, 2.24) is 0 Å². The van der Waals surface area contributed by atoms with Gasteiger partial charge in [-0.2, -0.15) is 0 Å². The Balaban J connectivity index is 2.78. The maximum atomic E-state index is 5.76. The summed E-state index contributed by atoms with van der Waals surface area (Å²) in [7, 11) is 0. The highest BCUT2D eigenvalue weighted by molar-refractivity contribution is 4.94. The first-order valence-electron chi connectivity index (χ1n) is 4.03. The molecule has 0 saturated carbocycles. The van der Waals surface area contributed by atoms with E-state index < -0.39 is 0 Å². The van der Waals surface area contributed by atoms with Crippen LogP contribution in [-0.2, 0) is 4.74 Å². The van der Waals surface area contributed by atoms with E-state index in [1.165, 1.54) is 6.42 Å². The van der Waals surface area contributed by atoms with Crippen molar-refractivity contribution in [2.75, 3.05) is 0 Å². The van der Waals surface area contributed by atoms with Gasteiger partial charge in [0.1, 0.15) is 0 Å². The predicted octanol–water partition coefficient (Wildman–Crippen LogP) is 2.60. The Morgan fingerprint density at radius 1 is 1.20 bits per heavy atom. The van der Waals surface area contributed by atoms with Gasteiger partial charge in [-0.1, -0.05) is 13.8 Å². The van der Waals surface area contributed by atoms with Crippen LogP contribution >= 0.6 is 0 Å². The summed E-state index contributed by atoms with van der Waals surface area (Å²) in [6, 6.07) is 0. The van der Waals surface area contributed by atoms with Crippen LogP contribution in [-0.4, -0.2) is 11.7 Å². The van der Waals surface area contributed by atoms with Gasteiger partial charge in [0.2, 0.25) is 0 Å². The summed E-state index contributed by atoms with van der Waals surface area (Å²) < 4.78 is 5.76. The molecule has 0 aromatic heterocycles. The van der Waals surface area contributed by atoms with Gasteiger partial charge in [-0.25, -0.2) is 0 Å². The Labute approximate surface area is 63.8 Å². The molecule has 1 aliphatic rings. The van der Waals surface area contributed by atoms with Crippen molar-refractivity contribution in [2.24, 2.45) is 5.41 Å². The lowest BCUT2D eigenvalue weighted by Gasteiger charge is -2.32. The molecular formula is C9H18O. The molecule has 1 unspecified atom stereocenters. The highest BCUT2D eigenvalue weighted by Gasteiger charge is 2.45. The summed E-state index contributed by atoms with van der Waals surface area (Å²) >= 11 is 0. The van der Waals surface area contributed by atoms with Gasteiger partial charge in [-0.3, -0.25) is 0 Å². The average molecular weight is 142 g/mol. The van der Waals surface area contributed by atoms with Crippen LogP contribution in [0.2, 0.25) is 0 Å². The smallest absolute Gasteiger partial charge is 0.0681 e. The number of hydrogen-bond acceptors (Lipinski definition) is 1. The first kappa shape index (κ1) is 8.06. The second kappa shape index (κ2) is 1.97. The van der Waals surface area contributed by atoms with Crippen LogP contribution in [0.1, 0.15) is 41.0 Å². The van der Waals surface area contributed by atoms with E-state index in [0.29, 0.717) is 11.5 Å². The number of hydrogen-bond donors (Lipinski definition) is 0. The van der Waals surface area contributed by atoms with E-state index in [-0.39, 0.29) is 5.60 Å². The first-order chi connectivity index (χ1) is 4.35. The van der Waals surface area contributed by atoms with E-state index in [1.54, 1.807) is 0 Å². The van der Waals surface area contributed by atoms with E-state index in [1.807, 2.05) is 0 Å². The zero-order valence-electron chi connectivity index (χ0n) is 7.69. The van der Waals surface area contributed by atoms with E-state index >= 15 is 0 Å². The summed E-state index contributed by atoms with van der Waals surface area (Å²) in [5, 5.41) is 0. The fourth-order valence-electron chi connectivity index (χ4n) is 1.67. The molecule has 1 rings (SSSR count). The fraction of sp³-hybridized carbons (Fsp3) is 1.00. The molecule has 10 heavy (non-hydrogen) atoms. The minimum absolute atomic E-state index is 0.0619. The normalized spacial score (nSPS) is 36.3. The molecule has 0 aliphatic carbocycles. The van der Waals surface area contributed by atoms with Crippen LogP contribution in [0.25, 0.3) is 0 Å². The second-order valence-electron chi connectivity index (χ2n) is 4.53.